The molecule has 23 heavy (non-hydrogen) atoms. The van der Waals surface area contributed by atoms with E-state index in [2.05, 4.69) is 26.5 Å². The van der Waals surface area contributed by atoms with Gasteiger partial charge in [0.25, 0.3) is 0 Å². The van der Waals surface area contributed by atoms with E-state index in [0.717, 1.165) is 50.4 Å². The predicted octanol–water partition coefficient (Wildman–Crippen LogP) is 4.08. The summed E-state index contributed by atoms with van der Waals surface area (Å²) in [5.41, 5.74) is 0.888. The van der Waals surface area contributed by atoms with Gasteiger partial charge in [0.2, 0.25) is 0 Å². The minimum absolute atomic E-state index is 0.0135. The molecule has 2 nitrogen and oxygen atoms in total. The summed E-state index contributed by atoms with van der Waals surface area (Å²) in [5, 5.41) is 21.1. The normalized spacial score (nSPS) is 55.4. The van der Waals surface area contributed by atoms with Crippen LogP contribution < -0.4 is 0 Å². The minimum atomic E-state index is -0.665. The van der Waals surface area contributed by atoms with Gasteiger partial charge < -0.3 is 10.2 Å². The first-order valence-corrected chi connectivity index (χ1v) is 9.64. The van der Waals surface area contributed by atoms with Crippen LogP contribution in [0.2, 0.25) is 0 Å². The number of fused-ring (bicyclic) bond motifs is 5. The van der Waals surface area contributed by atoms with Gasteiger partial charge in [-0.1, -0.05) is 31.6 Å². The van der Waals surface area contributed by atoms with E-state index in [4.69, 9.17) is 0 Å². The Balaban J connectivity index is 1.68. The molecule has 0 spiro atoms. The van der Waals surface area contributed by atoms with Gasteiger partial charge in [0, 0.05) is 5.41 Å². The van der Waals surface area contributed by atoms with Crippen LogP contribution in [-0.4, -0.2) is 21.9 Å². The van der Waals surface area contributed by atoms with E-state index < -0.39 is 5.60 Å². The lowest BCUT2D eigenvalue weighted by molar-refractivity contribution is -0.103. The Morgan fingerprint density at radius 3 is 2.74 bits per heavy atom. The minimum Gasteiger partial charge on any atom is -0.389 e. The van der Waals surface area contributed by atoms with E-state index in [1.54, 1.807) is 0 Å². The van der Waals surface area contributed by atoms with Gasteiger partial charge in [0.1, 0.15) is 0 Å². The fraction of sp³-hybridized carbons (Fsp3) is 0.810. The van der Waals surface area contributed by atoms with Crippen molar-refractivity contribution in [2.75, 3.05) is 0 Å². The van der Waals surface area contributed by atoms with Crippen molar-refractivity contribution < 1.29 is 10.2 Å². The molecule has 128 valence electrons. The van der Waals surface area contributed by atoms with Gasteiger partial charge in [0.15, 0.2) is 0 Å². The van der Waals surface area contributed by atoms with Crippen LogP contribution in [0.5, 0.6) is 0 Å². The quantitative estimate of drug-likeness (QED) is 0.716. The molecule has 0 bridgehead atoms. The Bertz CT molecular complexity index is 538. The zero-order valence-electron chi connectivity index (χ0n) is 14.7. The molecular weight excluding hydrogens is 284 g/mol. The molecule has 8 atom stereocenters. The molecule has 4 unspecified atom stereocenters. The fourth-order valence-corrected chi connectivity index (χ4v) is 7.11. The van der Waals surface area contributed by atoms with Crippen LogP contribution in [-0.2, 0) is 0 Å². The van der Waals surface area contributed by atoms with Gasteiger partial charge in [0.05, 0.1) is 11.7 Å². The number of aliphatic hydroxyl groups excluding tert-OH is 1. The lowest BCUT2D eigenvalue weighted by Gasteiger charge is -2.57. The van der Waals surface area contributed by atoms with Crippen LogP contribution in [0.1, 0.15) is 58.8 Å². The third-order valence-electron chi connectivity index (χ3n) is 8.33. The molecule has 0 saturated heterocycles. The predicted molar refractivity (Wildman–Crippen MR) is 92.8 cm³/mol. The van der Waals surface area contributed by atoms with Crippen molar-refractivity contribution in [3.63, 3.8) is 0 Å². The van der Waals surface area contributed by atoms with Crippen LogP contribution in [0.3, 0.4) is 0 Å². The number of allylic oxidation sites excluding steroid dienone is 1. The third-order valence-corrected chi connectivity index (χ3v) is 8.33. The van der Waals surface area contributed by atoms with Crippen molar-refractivity contribution in [2.45, 2.75) is 70.5 Å². The van der Waals surface area contributed by atoms with Crippen molar-refractivity contribution in [1.29, 1.82) is 0 Å². The van der Waals surface area contributed by atoms with Crippen LogP contribution in [0.25, 0.3) is 0 Å². The smallest absolute Gasteiger partial charge is 0.0881 e. The number of hydrogen-bond donors (Lipinski definition) is 2. The van der Waals surface area contributed by atoms with Crippen molar-refractivity contribution in [3.05, 3.63) is 24.3 Å². The summed E-state index contributed by atoms with van der Waals surface area (Å²) >= 11 is 0. The zero-order chi connectivity index (χ0) is 16.4. The molecule has 0 aromatic rings. The standard InChI is InChI=1S/C21H32O2/c1-4-21(23)10-8-18-19-13(2)11-14-12-15(22)5-6-16(14)17(19)7-9-20(18,21)3/h4,12-13,15-19,22-23H,1,5-11H2,2-3H3/t13-,15-,16?,17?,18?,19?,20+,21+/m1/s1. The highest BCUT2D eigenvalue weighted by Crippen LogP contribution is 2.66. The van der Waals surface area contributed by atoms with Crippen molar-refractivity contribution in [2.24, 2.45) is 35.0 Å². The third kappa shape index (κ3) is 2.07. The molecule has 4 rings (SSSR count). The first-order chi connectivity index (χ1) is 10.9. The van der Waals surface area contributed by atoms with Crippen LogP contribution in [0, 0.1) is 35.0 Å². The van der Waals surface area contributed by atoms with E-state index >= 15 is 0 Å². The van der Waals surface area contributed by atoms with E-state index in [1.807, 2.05) is 6.08 Å². The highest BCUT2D eigenvalue weighted by molar-refractivity contribution is 5.24. The Hall–Kier alpha value is -0.600. The van der Waals surface area contributed by atoms with E-state index in [-0.39, 0.29) is 11.5 Å². The van der Waals surface area contributed by atoms with E-state index in [1.165, 1.54) is 12.0 Å². The Morgan fingerprint density at radius 1 is 1.22 bits per heavy atom. The highest BCUT2D eigenvalue weighted by atomic mass is 16.3. The van der Waals surface area contributed by atoms with Crippen molar-refractivity contribution >= 4 is 0 Å². The molecule has 0 aliphatic heterocycles. The maximum absolute atomic E-state index is 11.1. The van der Waals surface area contributed by atoms with Gasteiger partial charge >= 0.3 is 0 Å². The number of hydrogen-bond acceptors (Lipinski definition) is 2. The molecule has 0 aromatic heterocycles. The summed E-state index contributed by atoms with van der Waals surface area (Å²) in [6.45, 7) is 8.69. The molecule has 0 radical (unpaired) electrons. The summed E-state index contributed by atoms with van der Waals surface area (Å²) < 4.78 is 0. The Kier molecular flexibility index (Phi) is 3.59. The second kappa shape index (κ2) is 5.20. The van der Waals surface area contributed by atoms with Gasteiger partial charge in [-0.3, -0.25) is 0 Å². The topological polar surface area (TPSA) is 40.5 Å². The molecule has 4 aliphatic carbocycles. The highest BCUT2D eigenvalue weighted by Gasteiger charge is 2.62. The summed E-state index contributed by atoms with van der Waals surface area (Å²) in [6.07, 6.45) is 11.4. The second-order valence-corrected chi connectivity index (χ2v) is 9.15. The molecule has 2 N–H and O–H groups in total. The summed E-state index contributed by atoms with van der Waals surface area (Å²) in [7, 11) is 0. The van der Waals surface area contributed by atoms with Crippen LogP contribution in [0.4, 0.5) is 0 Å². The van der Waals surface area contributed by atoms with E-state index in [0.29, 0.717) is 17.8 Å². The van der Waals surface area contributed by atoms with E-state index in [9.17, 15) is 10.2 Å². The molecule has 0 amide bonds. The summed E-state index contributed by atoms with van der Waals surface area (Å²) in [6, 6.07) is 0. The SMILES string of the molecule is C=C[C@]1(O)CCC2C3C(CC[C@@]21C)C1CC[C@@H](O)C=C1C[C@H]3C. The maximum Gasteiger partial charge on any atom is 0.0881 e. The maximum atomic E-state index is 11.1. The van der Waals surface area contributed by atoms with Gasteiger partial charge in [-0.05, 0) is 74.5 Å². The van der Waals surface area contributed by atoms with Gasteiger partial charge in [-0.2, -0.15) is 0 Å². The molecular formula is C21H32O2. The second-order valence-electron chi connectivity index (χ2n) is 9.15. The zero-order valence-corrected chi connectivity index (χ0v) is 14.7. The van der Waals surface area contributed by atoms with Crippen LogP contribution in [0.15, 0.2) is 24.3 Å². The molecule has 2 heteroatoms. The number of rotatable bonds is 1. The average Bonchev–Trinajstić information content (AvgIpc) is 2.79. The monoisotopic (exact) mass is 316 g/mol. The first-order valence-electron chi connectivity index (χ1n) is 9.64. The molecule has 0 heterocycles. The van der Waals surface area contributed by atoms with Crippen LogP contribution >= 0.6 is 0 Å². The molecule has 0 aromatic carbocycles. The van der Waals surface area contributed by atoms with Gasteiger partial charge in [-0.15, -0.1) is 6.58 Å². The first kappa shape index (κ1) is 15.9. The molecule has 3 saturated carbocycles. The summed E-state index contributed by atoms with van der Waals surface area (Å²) in [4.78, 5) is 0. The van der Waals surface area contributed by atoms with Crippen molar-refractivity contribution in [1.82, 2.24) is 0 Å². The largest absolute Gasteiger partial charge is 0.389 e. The molecule has 3 fully saturated rings. The Morgan fingerprint density at radius 2 is 2.00 bits per heavy atom. The van der Waals surface area contributed by atoms with Gasteiger partial charge in [-0.25, -0.2) is 0 Å². The van der Waals surface area contributed by atoms with Crippen molar-refractivity contribution in [3.8, 4) is 0 Å². The average molecular weight is 316 g/mol. The summed E-state index contributed by atoms with van der Waals surface area (Å²) in [5.74, 6) is 3.50. The Labute approximate surface area is 140 Å². The molecule has 4 aliphatic rings. The lowest BCUT2D eigenvalue weighted by atomic mass is 9.48. The fourth-order valence-electron chi connectivity index (χ4n) is 7.11. The number of aliphatic hydroxyl groups is 2. The lowest BCUT2D eigenvalue weighted by Crippen LogP contribution is -2.53.